The predicted octanol–water partition coefficient (Wildman–Crippen LogP) is 3.79. The molecule has 0 radical (unpaired) electrons. The van der Waals surface area contributed by atoms with Crippen LogP contribution >= 0.6 is 35.6 Å². The van der Waals surface area contributed by atoms with E-state index < -0.39 is 0 Å². The topological polar surface area (TPSA) is 67.1 Å². The normalized spacial score (nSPS) is 11.0. The van der Waals surface area contributed by atoms with E-state index in [9.17, 15) is 0 Å². The molecule has 0 fully saturated rings. The maximum absolute atomic E-state index is 5.92. The Morgan fingerprint density at radius 1 is 1.07 bits per heavy atom. The van der Waals surface area contributed by atoms with Crippen LogP contribution < -0.4 is 10.6 Å². The quantitative estimate of drug-likeness (QED) is 0.310. The van der Waals surface area contributed by atoms with Crippen molar-refractivity contribution in [1.82, 2.24) is 25.4 Å². The van der Waals surface area contributed by atoms with Gasteiger partial charge in [-0.1, -0.05) is 41.9 Å². The van der Waals surface area contributed by atoms with Gasteiger partial charge in [-0.25, -0.2) is 4.99 Å². The molecule has 8 heteroatoms. The Morgan fingerprint density at radius 2 is 1.81 bits per heavy atom. The zero-order valence-electron chi connectivity index (χ0n) is 15.0. The Kier molecular flexibility index (Phi) is 8.53. The summed E-state index contributed by atoms with van der Waals surface area (Å²) in [6.45, 7) is 3.89. The lowest BCUT2D eigenvalue weighted by Crippen LogP contribution is -2.37. The highest BCUT2D eigenvalue weighted by molar-refractivity contribution is 14.0. The van der Waals surface area contributed by atoms with Crippen LogP contribution in [0.25, 0.3) is 5.69 Å². The molecule has 2 aromatic carbocycles. The van der Waals surface area contributed by atoms with Crippen molar-refractivity contribution in [3.63, 3.8) is 0 Å². The summed E-state index contributed by atoms with van der Waals surface area (Å²) < 4.78 is 1.95. The first kappa shape index (κ1) is 21.2. The fourth-order valence-electron chi connectivity index (χ4n) is 2.45. The molecule has 0 bridgehead atoms. The van der Waals surface area contributed by atoms with Crippen molar-refractivity contribution in [2.24, 2.45) is 4.99 Å². The van der Waals surface area contributed by atoms with Crippen molar-refractivity contribution in [3.8, 4) is 5.69 Å². The molecule has 0 saturated heterocycles. The zero-order valence-corrected chi connectivity index (χ0v) is 18.1. The van der Waals surface area contributed by atoms with Crippen LogP contribution in [0, 0.1) is 0 Å². The molecule has 0 aliphatic rings. The number of rotatable bonds is 6. The largest absolute Gasteiger partial charge is 0.357 e. The highest BCUT2D eigenvalue weighted by Crippen LogP contribution is 2.10. The molecule has 3 aromatic rings. The zero-order chi connectivity index (χ0) is 18.2. The van der Waals surface area contributed by atoms with Gasteiger partial charge in [-0.05, 0) is 36.8 Å². The van der Waals surface area contributed by atoms with Gasteiger partial charge in [0.15, 0.2) is 11.8 Å². The second-order valence-corrected chi connectivity index (χ2v) is 6.06. The summed E-state index contributed by atoms with van der Waals surface area (Å²) in [5, 5.41) is 15.5. The van der Waals surface area contributed by atoms with Crippen molar-refractivity contribution in [2.75, 3.05) is 6.54 Å². The molecule has 0 unspecified atom stereocenters. The standard InChI is InChI=1S/C19H21ClN6.HI/c1-2-21-19(22-12-15-8-10-16(20)11-9-15)23-13-18-25-24-14-26(18)17-6-4-3-5-7-17;/h3-11,14H,2,12-13H2,1H3,(H2,21,22,23);1H. The maximum Gasteiger partial charge on any atom is 0.191 e. The molecule has 1 heterocycles. The molecular weight excluding hydrogens is 475 g/mol. The number of hydrogen-bond donors (Lipinski definition) is 2. The van der Waals surface area contributed by atoms with Crippen LogP contribution in [0.5, 0.6) is 0 Å². The van der Waals surface area contributed by atoms with E-state index in [1.807, 2.05) is 66.1 Å². The molecule has 0 atom stereocenters. The summed E-state index contributed by atoms with van der Waals surface area (Å²) in [7, 11) is 0. The molecule has 142 valence electrons. The number of aliphatic imine (C=N–C) groups is 1. The van der Waals surface area contributed by atoms with Crippen LogP contribution in [0.3, 0.4) is 0 Å². The van der Waals surface area contributed by atoms with Crippen LogP contribution in [0.1, 0.15) is 18.3 Å². The fraction of sp³-hybridized carbons (Fsp3) is 0.211. The van der Waals surface area contributed by atoms with Gasteiger partial charge in [0.1, 0.15) is 6.33 Å². The molecule has 6 nitrogen and oxygen atoms in total. The van der Waals surface area contributed by atoms with E-state index in [0.29, 0.717) is 13.1 Å². The lowest BCUT2D eigenvalue weighted by atomic mass is 10.2. The minimum absolute atomic E-state index is 0. The summed E-state index contributed by atoms with van der Waals surface area (Å²) in [6, 6.07) is 17.7. The number of guanidine groups is 1. The number of hydrogen-bond acceptors (Lipinski definition) is 3. The van der Waals surface area contributed by atoms with E-state index in [1.54, 1.807) is 6.33 Å². The lowest BCUT2D eigenvalue weighted by molar-refractivity contribution is 0.756. The van der Waals surface area contributed by atoms with E-state index in [4.69, 9.17) is 11.6 Å². The number of nitrogens with one attached hydrogen (secondary N) is 2. The van der Waals surface area contributed by atoms with Crippen molar-refractivity contribution in [1.29, 1.82) is 0 Å². The summed E-state index contributed by atoms with van der Waals surface area (Å²) >= 11 is 5.92. The smallest absolute Gasteiger partial charge is 0.191 e. The molecule has 0 amide bonds. The molecule has 2 N–H and O–H groups in total. The Morgan fingerprint density at radius 3 is 2.52 bits per heavy atom. The van der Waals surface area contributed by atoms with Crippen LogP contribution in [-0.4, -0.2) is 27.3 Å². The Hall–Kier alpha value is -2.13. The SMILES string of the molecule is CCNC(=NCc1ccc(Cl)cc1)NCc1nncn1-c1ccccc1.I. The number of para-hydroxylation sites is 1. The first-order valence-corrected chi connectivity index (χ1v) is 8.85. The first-order valence-electron chi connectivity index (χ1n) is 8.47. The van der Waals surface area contributed by atoms with Gasteiger partial charge < -0.3 is 10.6 Å². The molecule has 3 rings (SSSR count). The fourth-order valence-corrected chi connectivity index (χ4v) is 2.57. The minimum Gasteiger partial charge on any atom is -0.357 e. The van der Waals surface area contributed by atoms with Gasteiger partial charge >= 0.3 is 0 Å². The molecule has 0 saturated carbocycles. The number of aromatic nitrogens is 3. The van der Waals surface area contributed by atoms with Crippen molar-refractivity contribution >= 4 is 41.5 Å². The molecule has 0 aliphatic heterocycles. The second kappa shape index (κ2) is 10.9. The average molecular weight is 497 g/mol. The van der Waals surface area contributed by atoms with Gasteiger partial charge in [-0.2, -0.15) is 0 Å². The third-order valence-electron chi connectivity index (χ3n) is 3.74. The van der Waals surface area contributed by atoms with Gasteiger partial charge in [0.25, 0.3) is 0 Å². The summed E-state index contributed by atoms with van der Waals surface area (Å²) in [4.78, 5) is 4.61. The van der Waals surface area contributed by atoms with Gasteiger partial charge in [0.05, 0.1) is 13.1 Å². The Labute approximate surface area is 181 Å². The third kappa shape index (κ3) is 6.21. The maximum atomic E-state index is 5.92. The van der Waals surface area contributed by atoms with Crippen LogP contribution in [0.4, 0.5) is 0 Å². The van der Waals surface area contributed by atoms with Crippen molar-refractivity contribution in [3.05, 3.63) is 77.3 Å². The number of benzene rings is 2. The van der Waals surface area contributed by atoms with Crippen LogP contribution in [-0.2, 0) is 13.1 Å². The average Bonchev–Trinajstić information content (AvgIpc) is 3.14. The third-order valence-corrected chi connectivity index (χ3v) is 4.00. The van der Waals surface area contributed by atoms with Gasteiger partial charge in [-0.3, -0.25) is 4.57 Å². The molecule has 1 aromatic heterocycles. The van der Waals surface area contributed by atoms with Gasteiger partial charge in [0.2, 0.25) is 0 Å². The van der Waals surface area contributed by atoms with Gasteiger partial charge in [-0.15, -0.1) is 34.2 Å². The van der Waals surface area contributed by atoms with E-state index >= 15 is 0 Å². The Balaban J connectivity index is 0.00000261. The highest BCUT2D eigenvalue weighted by atomic mass is 127. The minimum atomic E-state index is 0. The van der Waals surface area contributed by atoms with E-state index in [1.165, 1.54) is 0 Å². The molecule has 0 aliphatic carbocycles. The van der Waals surface area contributed by atoms with Crippen molar-refractivity contribution < 1.29 is 0 Å². The summed E-state index contributed by atoms with van der Waals surface area (Å²) in [5.41, 5.74) is 2.12. The van der Waals surface area contributed by atoms with Crippen LogP contribution in [0.2, 0.25) is 5.02 Å². The van der Waals surface area contributed by atoms with E-state index in [0.717, 1.165) is 34.6 Å². The van der Waals surface area contributed by atoms with E-state index in [-0.39, 0.29) is 24.0 Å². The van der Waals surface area contributed by atoms with E-state index in [2.05, 4.69) is 25.8 Å². The highest BCUT2D eigenvalue weighted by Gasteiger charge is 2.07. The molecule has 0 spiro atoms. The monoisotopic (exact) mass is 496 g/mol. The summed E-state index contributed by atoms with van der Waals surface area (Å²) in [6.07, 6.45) is 1.71. The predicted molar refractivity (Wildman–Crippen MR) is 120 cm³/mol. The first-order chi connectivity index (χ1) is 12.8. The van der Waals surface area contributed by atoms with Crippen molar-refractivity contribution in [2.45, 2.75) is 20.0 Å². The number of halogens is 2. The second-order valence-electron chi connectivity index (χ2n) is 5.63. The van der Waals surface area contributed by atoms with Crippen LogP contribution in [0.15, 0.2) is 65.9 Å². The number of nitrogens with zero attached hydrogens (tertiary/aromatic N) is 4. The lowest BCUT2D eigenvalue weighted by Gasteiger charge is -2.12. The molecule has 27 heavy (non-hydrogen) atoms. The molecular formula is C19H22ClIN6. The Bertz CT molecular complexity index is 848. The summed E-state index contributed by atoms with van der Waals surface area (Å²) in [5.74, 6) is 1.54. The van der Waals surface area contributed by atoms with Gasteiger partial charge in [0, 0.05) is 17.3 Å².